The lowest BCUT2D eigenvalue weighted by molar-refractivity contribution is -0.142. The largest absolute Gasteiger partial charge is 0.467 e. The average molecular weight is 355 g/mol. The quantitative estimate of drug-likeness (QED) is 0.768. The molecule has 2 aromatic rings. The molecule has 0 aliphatic carbocycles. The van der Waals surface area contributed by atoms with Crippen LogP contribution in [-0.4, -0.2) is 40.6 Å². The lowest BCUT2D eigenvalue weighted by Gasteiger charge is -2.26. The van der Waals surface area contributed by atoms with Crippen molar-refractivity contribution in [3.05, 3.63) is 35.8 Å². The fourth-order valence-corrected chi connectivity index (χ4v) is 3.05. The van der Waals surface area contributed by atoms with Crippen molar-refractivity contribution in [3.8, 4) is 11.4 Å². The Morgan fingerprint density at radius 2 is 2.27 bits per heavy atom. The number of hydrogen-bond acceptors (Lipinski definition) is 7. The second-order valence-corrected chi connectivity index (χ2v) is 6.52. The van der Waals surface area contributed by atoms with Crippen LogP contribution in [0.3, 0.4) is 0 Å². The Hall–Kier alpha value is -2.54. The molecular weight excluding hydrogens is 330 g/mol. The molecule has 1 aliphatic heterocycles. The van der Waals surface area contributed by atoms with Gasteiger partial charge < -0.3 is 15.4 Å². The Bertz CT molecular complexity index is 766. The van der Waals surface area contributed by atoms with Crippen molar-refractivity contribution in [3.63, 3.8) is 0 Å². The van der Waals surface area contributed by atoms with E-state index in [4.69, 9.17) is 14.7 Å². The third kappa shape index (κ3) is 3.83. The van der Waals surface area contributed by atoms with Gasteiger partial charge in [-0.1, -0.05) is 20.3 Å². The minimum Gasteiger partial charge on any atom is -0.467 e. The van der Waals surface area contributed by atoms with Gasteiger partial charge in [0.1, 0.15) is 11.9 Å². The summed E-state index contributed by atoms with van der Waals surface area (Å²) in [5.41, 5.74) is 2.87. The number of rotatable bonds is 6. The third-order valence-electron chi connectivity index (χ3n) is 4.82. The maximum Gasteiger partial charge on any atom is 0.328 e. The lowest BCUT2D eigenvalue weighted by atomic mass is 9.98. The van der Waals surface area contributed by atoms with E-state index in [9.17, 15) is 4.79 Å². The first-order chi connectivity index (χ1) is 12.6. The van der Waals surface area contributed by atoms with Crippen LogP contribution >= 0.6 is 0 Å². The molecule has 1 aliphatic rings. The number of hydrogen-bond donors (Lipinski definition) is 2. The van der Waals surface area contributed by atoms with Crippen LogP contribution in [0, 0.1) is 5.92 Å². The summed E-state index contributed by atoms with van der Waals surface area (Å²) in [6, 6.07) is 3.35. The Morgan fingerprint density at radius 3 is 2.96 bits per heavy atom. The second-order valence-electron chi connectivity index (χ2n) is 6.52. The van der Waals surface area contributed by atoms with Gasteiger partial charge >= 0.3 is 5.97 Å². The topological polar surface area (TPSA) is 89.0 Å². The number of anilines is 1. The van der Waals surface area contributed by atoms with Crippen LogP contribution in [0.4, 0.5) is 5.82 Å². The minimum atomic E-state index is -0.444. The number of fused-ring (bicyclic) bond motifs is 1. The summed E-state index contributed by atoms with van der Waals surface area (Å²) in [6.45, 7) is 5.64. The smallest absolute Gasteiger partial charge is 0.328 e. The Labute approximate surface area is 153 Å². The fourth-order valence-electron chi connectivity index (χ4n) is 3.05. The molecule has 0 saturated carbocycles. The molecule has 0 bridgehead atoms. The van der Waals surface area contributed by atoms with Crippen LogP contribution in [0.25, 0.3) is 11.4 Å². The van der Waals surface area contributed by atoms with Gasteiger partial charge in [-0.2, -0.15) is 0 Å². The molecular formula is C19H25N5O2. The molecule has 0 radical (unpaired) electrons. The van der Waals surface area contributed by atoms with E-state index < -0.39 is 6.04 Å². The van der Waals surface area contributed by atoms with Gasteiger partial charge in [-0.3, -0.25) is 4.98 Å². The van der Waals surface area contributed by atoms with Crippen molar-refractivity contribution in [1.29, 1.82) is 0 Å². The maximum atomic E-state index is 12.3. The molecule has 2 N–H and O–H groups in total. The number of nitrogens with one attached hydrogen (secondary N) is 2. The van der Waals surface area contributed by atoms with Crippen molar-refractivity contribution in [1.82, 2.24) is 20.3 Å². The molecule has 7 heteroatoms. The normalized spacial score (nSPS) is 15.7. The Balaban J connectivity index is 2.02. The van der Waals surface area contributed by atoms with Gasteiger partial charge in [-0.25, -0.2) is 14.8 Å². The molecule has 0 saturated heterocycles. The highest BCUT2D eigenvalue weighted by Gasteiger charge is 2.28. The van der Waals surface area contributed by atoms with Crippen molar-refractivity contribution in [2.24, 2.45) is 5.92 Å². The molecule has 2 aromatic heterocycles. The molecule has 26 heavy (non-hydrogen) atoms. The van der Waals surface area contributed by atoms with Gasteiger partial charge in [0.15, 0.2) is 5.82 Å². The number of carbonyl (C=O) groups excluding carboxylic acids is 1. The van der Waals surface area contributed by atoms with E-state index in [1.54, 1.807) is 12.4 Å². The van der Waals surface area contributed by atoms with Gasteiger partial charge in [0.05, 0.1) is 12.8 Å². The van der Waals surface area contributed by atoms with Crippen molar-refractivity contribution < 1.29 is 9.53 Å². The Morgan fingerprint density at radius 1 is 1.42 bits per heavy atom. The maximum absolute atomic E-state index is 12.3. The van der Waals surface area contributed by atoms with Crippen molar-refractivity contribution >= 4 is 11.8 Å². The predicted molar refractivity (Wildman–Crippen MR) is 99.6 cm³/mol. The van der Waals surface area contributed by atoms with Crippen LogP contribution in [0.1, 0.15) is 31.5 Å². The second kappa shape index (κ2) is 8.23. The third-order valence-corrected chi connectivity index (χ3v) is 4.82. The summed E-state index contributed by atoms with van der Waals surface area (Å²) in [5.74, 6) is 1.17. The van der Waals surface area contributed by atoms with E-state index in [2.05, 4.69) is 22.5 Å². The zero-order valence-electron chi connectivity index (χ0n) is 15.5. The number of pyridine rings is 1. The average Bonchev–Trinajstić information content (AvgIpc) is 2.71. The van der Waals surface area contributed by atoms with Crippen LogP contribution in [0.5, 0.6) is 0 Å². The summed E-state index contributed by atoms with van der Waals surface area (Å²) >= 11 is 0. The molecule has 0 unspecified atom stereocenters. The van der Waals surface area contributed by atoms with Crippen molar-refractivity contribution in [2.75, 3.05) is 19.0 Å². The highest BCUT2D eigenvalue weighted by Crippen LogP contribution is 2.26. The van der Waals surface area contributed by atoms with Crippen LogP contribution < -0.4 is 10.6 Å². The minimum absolute atomic E-state index is 0.122. The molecule has 0 spiro atoms. The molecule has 3 rings (SSSR count). The predicted octanol–water partition coefficient (Wildman–Crippen LogP) is 2.18. The molecule has 2 atom stereocenters. The highest BCUT2D eigenvalue weighted by atomic mass is 16.5. The number of nitrogens with zero attached hydrogens (tertiary/aromatic N) is 3. The number of ether oxygens (including phenoxy) is 1. The van der Waals surface area contributed by atoms with Gasteiger partial charge in [0.25, 0.3) is 0 Å². The first kappa shape index (κ1) is 18.3. The highest BCUT2D eigenvalue weighted by molar-refractivity contribution is 5.79. The molecule has 0 amide bonds. The first-order valence-corrected chi connectivity index (χ1v) is 8.99. The summed E-state index contributed by atoms with van der Waals surface area (Å²) in [4.78, 5) is 25.9. The van der Waals surface area contributed by atoms with Gasteiger partial charge in [0.2, 0.25) is 0 Å². The van der Waals surface area contributed by atoms with Gasteiger partial charge in [0, 0.05) is 30.1 Å². The molecule has 138 valence electrons. The zero-order chi connectivity index (χ0) is 18.5. The standard InChI is InChI=1S/C19H25N5O2/c1-4-12(2)16(19(25)26-3)23-18-14-7-9-21-11-15(14)22-17(24-18)13-6-5-8-20-10-13/h5-6,8,10,12,16,21H,4,7,9,11H2,1-3H3,(H,22,23,24)/t12-,16-/m0/s1. The molecule has 3 heterocycles. The van der Waals surface area contributed by atoms with Crippen LogP contribution in [-0.2, 0) is 22.5 Å². The SMILES string of the molecule is CC[C@H](C)[C@H](Nc1nc(-c2cccnc2)nc2c1CCNC2)C(=O)OC. The van der Waals surface area contributed by atoms with Crippen LogP contribution in [0.15, 0.2) is 24.5 Å². The van der Waals surface area contributed by atoms with Gasteiger partial charge in [-0.05, 0) is 31.0 Å². The van der Waals surface area contributed by atoms with E-state index in [0.717, 1.165) is 36.2 Å². The van der Waals surface area contributed by atoms with Gasteiger partial charge in [-0.15, -0.1) is 0 Å². The van der Waals surface area contributed by atoms with E-state index in [-0.39, 0.29) is 11.9 Å². The summed E-state index contributed by atoms with van der Waals surface area (Å²) in [5, 5.41) is 6.69. The first-order valence-electron chi connectivity index (χ1n) is 8.99. The molecule has 0 aromatic carbocycles. The number of esters is 1. The summed E-state index contributed by atoms with van der Waals surface area (Å²) in [6.07, 6.45) is 5.14. The summed E-state index contributed by atoms with van der Waals surface area (Å²) in [7, 11) is 1.42. The summed E-state index contributed by atoms with van der Waals surface area (Å²) < 4.78 is 5.00. The van der Waals surface area contributed by atoms with E-state index in [0.29, 0.717) is 18.2 Å². The van der Waals surface area contributed by atoms with Crippen LogP contribution in [0.2, 0.25) is 0 Å². The number of methoxy groups -OCH3 is 1. The van der Waals surface area contributed by atoms with Crippen molar-refractivity contribution in [2.45, 2.75) is 39.3 Å². The fraction of sp³-hybridized carbons (Fsp3) is 0.474. The Kier molecular flexibility index (Phi) is 5.78. The number of carbonyl (C=O) groups is 1. The van der Waals surface area contributed by atoms with E-state index in [1.165, 1.54) is 7.11 Å². The van der Waals surface area contributed by atoms with E-state index >= 15 is 0 Å². The number of aromatic nitrogens is 3. The molecule has 0 fully saturated rings. The zero-order valence-corrected chi connectivity index (χ0v) is 15.5. The molecule has 7 nitrogen and oxygen atoms in total. The lowest BCUT2D eigenvalue weighted by Crippen LogP contribution is -2.38. The monoisotopic (exact) mass is 355 g/mol. The van der Waals surface area contributed by atoms with E-state index in [1.807, 2.05) is 19.1 Å².